The van der Waals surface area contributed by atoms with Gasteiger partial charge in [0.2, 0.25) is 5.91 Å². The zero-order valence-electron chi connectivity index (χ0n) is 12.8. The predicted molar refractivity (Wildman–Crippen MR) is 101 cm³/mol. The van der Waals surface area contributed by atoms with Crippen molar-refractivity contribution >= 4 is 46.6 Å². The van der Waals surface area contributed by atoms with E-state index in [1.165, 1.54) is 11.8 Å². The molecule has 0 bridgehead atoms. The lowest BCUT2D eigenvalue weighted by atomic mass is 10.2. The monoisotopic (exact) mass is 390 g/mol. The summed E-state index contributed by atoms with van der Waals surface area (Å²) >= 11 is 13.1. The number of benzene rings is 1. The van der Waals surface area contributed by atoms with Gasteiger partial charge >= 0.3 is 0 Å². The topological polar surface area (TPSA) is 67.8 Å². The SMILES string of the molecule is O=C(CSc1ccc(-c2ccncc2)nn1)Nc1ccc(Cl)c(Cl)c1. The number of pyridine rings is 1. The quantitative estimate of drug-likeness (QED) is 0.645. The van der Waals surface area contributed by atoms with Crippen molar-refractivity contribution in [3.63, 3.8) is 0 Å². The van der Waals surface area contributed by atoms with Crippen molar-refractivity contribution in [2.45, 2.75) is 5.03 Å². The van der Waals surface area contributed by atoms with Crippen molar-refractivity contribution in [2.75, 3.05) is 11.1 Å². The van der Waals surface area contributed by atoms with Gasteiger partial charge in [-0.05, 0) is 42.5 Å². The molecule has 3 aromatic rings. The first-order chi connectivity index (χ1) is 12.1. The van der Waals surface area contributed by atoms with Crippen LogP contribution in [0.25, 0.3) is 11.3 Å². The predicted octanol–water partition coefficient (Wildman–Crippen LogP) is 4.58. The van der Waals surface area contributed by atoms with E-state index in [0.717, 1.165) is 11.3 Å². The van der Waals surface area contributed by atoms with Gasteiger partial charge < -0.3 is 5.32 Å². The Bertz CT molecular complexity index is 876. The second-order valence-electron chi connectivity index (χ2n) is 4.96. The van der Waals surface area contributed by atoms with Crippen molar-refractivity contribution in [1.82, 2.24) is 15.2 Å². The first-order valence-electron chi connectivity index (χ1n) is 7.23. The third-order valence-corrected chi connectivity index (χ3v) is 4.83. The molecule has 0 aliphatic rings. The molecule has 0 radical (unpaired) electrons. The van der Waals surface area contributed by atoms with Gasteiger partial charge in [-0.15, -0.1) is 10.2 Å². The maximum absolute atomic E-state index is 12.0. The van der Waals surface area contributed by atoms with Crippen LogP contribution in [0.5, 0.6) is 0 Å². The molecule has 0 atom stereocenters. The van der Waals surface area contributed by atoms with E-state index in [1.807, 2.05) is 24.3 Å². The highest BCUT2D eigenvalue weighted by Gasteiger charge is 2.07. The van der Waals surface area contributed by atoms with Gasteiger partial charge in [-0.3, -0.25) is 9.78 Å². The van der Waals surface area contributed by atoms with Gasteiger partial charge in [-0.1, -0.05) is 35.0 Å². The van der Waals surface area contributed by atoms with E-state index in [4.69, 9.17) is 23.2 Å². The number of hydrogen-bond acceptors (Lipinski definition) is 5. The van der Waals surface area contributed by atoms with Crippen LogP contribution in [0.2, 0.25) is 10.0 Å². The summed E-state index contributed by atoms with van der Waals surface area (Å²) in [6.45, 7) is 0. The fourth-order valence-corrected chi connectivity index (χ4v) is 2.90. The summed E-state index contributed by atoms with van der Waals surface area (Å²) in [5.41, 5.74) is 2.29. The molecule has 1 aromatic carbocycles. The van der Waals surface area contributed by atoms with E-state index in [0.29, 0.717) is 20.8 Å². The molecule has 8 heteroatoms. The molecule has 2 heterocycles. The number of rotatable bonds is 5. The molecule has 0 aliphatic carbocycles. The molecule has 0 aliphatic heterocycles. The zero-order valence-corrected chi connectivity index (χ0v) is 15.1. The summed E-state index contributed by atoms with van der Waals surface area (Å²) in [5.74, 6) is 0.0483. The minimum Gasteiger partial charge on any atom is -0.325 e. The molecule has 126 valence electrons. The number of carbonyl (C=O) groups is 1. The van der Waals surface area contributed by atoms with Crippen molar-refractivity contribution in [3.8, 4) is 11.3 Å². The van der Waals surface area contributed by atoms with Crippen LogP contribution in [0, 0.1) is 0 Å². The highest BCUT2D eigenvalue weighted by Crippen LogP contribution is 2.25. The summed E-state index contributed by atoms with van der Waals surface area (Å²) in [6.07, 6.45) is 3.40. The molecule has 2 aromatic heterocycles. The van der Waals surface area contributed by atoms with Crippen molar-refractivity contribution in [1.29, 1.82) is 0 Å². The van der Waals surface area contributed by atoms with Crippen molar-refractivity contribution < 1.29 is 4.79 Å². The number of halogens is 2. The Hall–Kier alpha value is -2.15. The number of nitrogens with one attached hydrogen (secondary N) is 1. The zero-order chi connectivity index (χ0) is 17.6. The maximum atomic E-state index is 12.0. The molecule has 25 heavy (non-hydrogen) atoms. The number of anilines is 1. The fourth-order valence-electron chi connectivity index (χ4n) is 1.98. The van der Waals surface area contributed by atoms with E-state index >= 15 is 0 Å². The Morgan fingerprint density at radius 3 is 2.48 bits per heavy atom. The van der Waals surface area contributed by atoms with Crippen LogP contribution in [0.15, 0.2) is 59.9 Å². The Kier molecular flexibility index (Phi) is 5.86. The molecule has 0 fully saturated rings. The highest BCUT2D eigenvalue weighted by molar-refractivity contribution is 7.99. The number of aromatic nitrogens is 3. The van der Waals surface area contributed by atoms with Crippen LogP contribution >= 0.6 is 35.0 Å². The number of thioether (sulfide) groups is 1. The number of carbonyl (C=O) groups excluding carboxylic acids is 1. The average Bonchev–Trinajstić information content (AvgIpc) is 2.64. The summed E-state index contributed by atoms with van der Waals surface area (Å²) in [5, 5.41) is 12.6. The van der Waals surface area contributed by atoms with Gasteiger partial charge in [0.05, 0.1) is 21.5 Å². The number of amides is 1. The second-order valence-corrected chi connectivity index (χ2v) is 6.77. The first kappa shape index (κ1) is 17.7. The average molecular weight is 391 g/mol. The van der Waals surface area contributed by atoms with Gasteiger partial charge in [0.1, 0.15) is 5.03 Å². The van der Waals surface area contributed by atoms with Gasteiger partial charge in [0.15, 0.2) is 0 Å². The number of nitrogens with zero attached hydrogens (tertiary/aromatic N) is 3. The van der Waals surface area contributed by atoms with E-state index in [9.17, 15) is 4.79 Å². The van der Waals surface area contributed by atoms with Crippen molar-refractivity contribution in [2.24, 2.45) is 0 Å². The third kappa shape index (κ3) is 4.92. The first-order valence-corrected chi connectivity index (χ1v) is 8.98. The summed E-state index contributed by atoms with van der Waals surface area (Å²) in [6, 6.07) is 12.4. The van der Waals surface area contributed by atoms with Crippen molar-refractivity contribution in [3.05, 3.63) is 64.9 Å². The number of hydrogen-bond donors (Lipinski definition) is 1. The lowest BCUT2D eigenvalue weighted by molar-refractivity contribution is -0.113. The molecule has 0 saturated carbocycles. The lowest BCUT2D eigenvalue weighted by Crippen LogP contribution is -2.14. The molecule has 1 N–H and O–H groups in total. The molecular formula is C17H12Cl2N4OS. The minimum absolute atomic E-state index is 0.164. The van der Waals surface area contributed by atoms with E-state index in [-0.39, 0.29) is 11.7 Å². The normalized spacial score (nSPS) is 10.5. The Balaban J connectivity index is 1.56. The fraction of sp³-hybridized carbons (Fsp3) is 0.0588. The maximum Gasteiger partial charge on any atom is 0.234 e. The van der Waals surface area contributed by atoms with E-state index < -0.39 is 0 Å². The van der Waals surface area contributed by atoms with Crippen LogP contribution < -0.4 is 5.32 Å². The highest BCUT2D eigenvalue weighted by atomic mass is 35.5. The van der Waals surface area contributed by atoms with E-state index in [2.05, 4.69) is 20.5 Å². The van der Waals surface area contributed by atoms with Crippen LogP contribution in [0.1, 0.15) is 0 Å². The summed E-state index contributed by atoms with van der Waals surface area (Å²) < 4.78 is 0. The molecule has 0 unspecified atom stereocenters. The van der Waals surface area contributed by atoms with Crippen LogP contribution in [0.3, 0.4) is 0 Å². The van der Waals surface area contributed by atoms with Gasteiger partial charge in [-0.25, -0.2) is 0 Å². The van der Waals surface area contributed by atoms with E-state index in [1.54, 1.807) is 30.6 Å². The molecule has 0 saturated heterocycles. The van der Waals surface area contributed by atoms with Crippen LogP contribution in [-0.2, 0) is 4.79 Å². The van der Waals surface area contributed by atoms with Gasteiger partial charge in [0, 0.05) is 23.6 Å². The second kappa shape index (κ2) is 8.29. The largest absolute Gasteiger partial charge is 0.325 e. The Labute approximate surface area is 158 Å². The van der Waals surface area contributed by atoms with Gasteiger partial charge in [-0.2, -0.15) is 0 Å². The Morgan fingerprint density at radius 2 is 1.80 bits per heavy atom. The third-order valence-electron chi connectivity index (χ3n) is 3.17. The molecule has 3 rings (SSSR count). The van der Waals surface area contributed by atoms with Crippen LogP contribution in [-0.4, -0.2) is 26.8 Å². The molecule has 5 nitrogen and oxygen atoms in total. The smallest absolute Gasteiger partial charge is 0.234 e. The van der Waals surface area contributed by atoms with Crippen LogP contribution in [0.4, 0.5) is 5.69 Å². The summed E-state index contributed by atoms with van der Waals surface area (Å²) in [7, 11) is 0. The standard InChI is InChI=1S/C17H12Cl2N4OS/c18-13-2-1-12(9-14(13)19)21-16(24)10-25-17-4-3-15(22-23-17)11-5-7-20-8-6-11/h1-9H,10H2,(H,21,24). The minimum atomic E-state index is -0.164. The van der Waals surface area contributed by atoms with Gasteiger partial charge in [0.25, 0.3) is 0 Å². The molecular weight excluding hydrogens is 379 g/mol. The molecule has 1 amide bonds. The molecule has 0 spiro atoms. The Morgan fingerprint density at radius 1 is 1.00 bits per heavy atom. The summed E-state index contributed by atoms with van der Waals surface area (Å²) in [4.78, 5) is 16.0. The lowest BCUT2D eigenvalue weighted by Gasteiger charge is -2.06.